The maximum absolute atomic E-state index is 12.2. The van der Waals surface area contributed by atoms with E-state index in [0.29, 0.717) is 16.1 Å². The number of benzene rings is 1. The van der Waals surface area contributed by atoms with Gasteiger partial charge in [-0.3, -0.25) is 9.13 Å². The monoisotopic (exact) mass is 324 g/mol. The number of rotatable bonds is 2. The first-order chi connectivity index (χ1) is 9.04. The van der Waals surface area contributed by atoms with Gasteiger partial charge in [-0.15, -0.1) is 0 Å². The normalized spacial score (nSPS) is 14.9. The van der Waals surface area contributed by atoms with E-state index >= 15 is 0 Å². The zero-order valence-corrected chi connectivity index (χ0v) is 12.2. The molecule has 5 nitrogen and oxygen atoms in total. The molecule has 0 N–H and O–H groups in total. The molecule has 0 spiro atoms. The highest BCUT2D eigenvalue weighted by Gasteiger charge is 2.29. The molecule has 0 radical (unpaired) electrons. The lowest BCUT2D eigenvalue weighted by molar-refractivity contribution is 0.0600. The molecule has 0 bridgehead atoms. The van der Waals surface area contributed by atoms with Gasteiger partial charge in [0.15, 0.2) is 0 Å². The predicted octanol–water partition coefficient (Wildman–Crippen LogP) is 2.22. The number of ether oxygens (including phenoxy) is 1. The summed E-state index contributed by atoms with van der Waals surface area (Å²) < 4.78 is 8.77. The smallest absolute Gasteiger partial charge is 0.339 e. The van der Waals surface area contributed by atoms with E-state index in [1.165, 1.54) is 7.11 Å². The van der Waals surface area contributed by atoms with Gasteiger partial charge in [-0.2, -0.15) is 0 Å². The Labute approximate surface area is 117 Å². The quantitative estimate of drug-likeness (QED) is 0.796. The molecule has 2 aromatic rings. The zero-order chi connectivity index (χ0) is 13.7. The first-order valence-electron chi connectivity index (χ1n) is 6.03. The summed E-state index contributed by atoms with van der Waals surface area (Å²) in [6.07, 6.45) is 2.07. The van der Waals surface area contributed by atoms with Crippen molar-refractivity contribution in [3.8, 4) is 0 Å². The number of imidazole rings is 1. The largest absolute Gasteiger partial charge is 0.465 e. The van der Waals surface area contributed by atoms with Crippen molar-refractivity contribution in [1.29, 1.82) is 0 Å². The van der Waals surface area contributed by atoms with Crippen molar-refractivity contribution >= 4 is 32.9 Å². The van der Waals surface area contributed by atoms with Gasteiger partial charge in [-0.25, -0.2) is 9.59 Å². The van der Waals surface area contributed by atoms with Crippen LogP contribution in [0.2, 0.25) is 0 Å². The Hall–Kier alpha value is -1.56. The van der Waals surface area contributed by atoms with Crippen molar-refractivity contribution in [1.82, 2.24) is 9.13 Å². The minimum atomic E-state index is -0.416. The molecular weight excluding hydrogens is 312 g/mol. The Bertz CT molecular complexity index is 740. The van der Waals surface area contributed by atoms with Gasteiger partial charge >= 0.3 is 11.7 Å². The molecule has 19 heavy (non-hydrogen) atoms. The summed E-state index contributed by atoms with van der Waals surface area (Å²) in [5.74, 6) is -0.416. The van der Waals surface area contributed by atoms with Crippen LogP contribution in [0.4, 0.5) is 0 Å². The molecule has 0 atom stereocenters. The Balaban J connectivity index is 2.33. The van der Waals surface area contributed by atoms with Gasteiger partial charge in [0.2, 0.25) is 0 Å². The topological polar surface area (TPSA) is 53.2 Å². The molecule has 100 valence electrons. The minimum Gasteiger partial charge on any atom is -0.465 e. The van der Waals surface area contributed by atoms with Crippen LogP contribution in [0.1, 0.15) is 29.2 Å². The van der Waals surface area contributed by atoms with Crippen LogP contribution in [0, 0.1) is 0 Å². The summed E-state index contributed by atoms with van der Waals surface area (Å²) in [4.78, 5) is 23.9. The molecule has 1 saturated carbocycles. The third-order valence-electron chi connectivity index (χ3n) is 3.50. The van der Waals surface area contributed by atoms with Crippen LogP contribution in [-0.4, -0.2) is 22.2 Å². The fourth-order valence-electron chi connectivity index (χ4n) is 2.33. The van der Waals surface area contributed by atoms with Gasteiger partial charge in [-0.05, 0) is 40.9 Å². The molecule has 0 amide bonds. The maximum atomic E-state index is 12.2. The number of hydrogen-bond acceptors (Lipinski definition) is 3. The first-order valence-corrected chi connectivity index (χ1v) is 6.82. The van der Waals surface area contributed by atoms with E-state index in [2.05, 4.69) is 15.9 Å². The molecule has 1 aromatic heterocycles. The molecule has 6 heteroatoms. The number of fused-ring (bicyclic) bond motifs is 1. The number of esters is 1. The number of carbonyl (C=O) groups is 1. The van der Waals surface area contributed by atoms with Crippen molar-refractivity contribution in [2.24, 2.45) is 7.05 Å². The average molecular weight is 325 g/mol. The second-order valence-corrected chi connectivity index (χ2v) is 5.61. The van der Waals surface area contributed by atoms with Gasteiger partial charge in [0.1, 0.15) is 0 Å². The van der Waals surface area contributed by atoms with Crippen LogP contribution in [0.25, 0.3) is 11.0 Å². The number of methoxy groups -OCH3 is 1. The number of halogens is 1. The Morgan fingerprint density at radius 1 is 1.37 bits per heavy atom. The second kappa shape index (κ2) is 4.23. The number of carbonyl (C=O) groups excluding carboxylic acids is 1. The van der Waals surface area contributed by atoms with Gasteiger partial charge < -0.3 is 4.74 Å². The van der Waals surface area contributed by atoms with Crippen LogP contribution in [0.15, 0.2) is 21.4 Å². The average Bonchev–Trinajstić information content (AvgIpc) is 3.18. The van der Waals surface area contributed by atoms with Crippen molar-refractivity contribution in [3.05, 3.63) is 32.7 Å². The molecule has 1 heterocycles. The molecule has 1 fully saturated rings. The lowest BCUT2D eigenvalue weighted by Gasteiger charge is -2.05. The summed E-state index contributed by atoms with van der Waals surface area (Å²) in [5, 5.41) is 0. The summed E-state index contributed by atoms with van der Waals surface area (Å²) in [6.45, 7) is 0. The summed E-state index contributed by atoms with van der Waals surface area (Å²) in [6, 6.07) is 3.82. The van der Waals surface area contributed by atoms with E-state index < -0.39 is 5.97 Å². The Morgan fingerprint density at radius 3 is 2.63 bits per heavy atom. The highest BCUT2D eigenvalue weighted by molar-refractivity contribution is 9.10. The lowest BCUT2D eigenvalue weighted by Crippen LogP contribution is -2.21. The van der Waals surface area contributed by atoms with E-state index in [9.17, 15) is 9.59 Å². The molecule has 1 aliphatic carbocycles. The van der Waals surface area contributed by atoms with Crippen molar-refractivity contribution in [2.75, 3.05) is 7.11 Å². The third-order valence-corrected chi connectivity index (χ3v) is 4.15. The fourth-order valence-corrected chi connectivity index (χ4v) is 2.83. The van der Waals surface area contributed by atoms with Crippen LogP contribution in [-0.2, 0) is 11.8 Å². The highest BCUT2D eigenvalue weighted by atomic mass is 79.9. The van der Waals surface area contributed by atoms with Crippen LogP contribution in [0.5, 0.6) is 0 Å². The van der Waals surface area contributed by atoms with Crippen LogP contribution >= 0.6 is 15.9 Å². The molecular formula is C13H13BrN2O3. The standard InChI is InChI=1S/C13H13BrN2O3/c1-15-10-5-8(12(17)19-2)9(14)6-11(10)16(13(15)18)7-3-4-7/h5-7H,3-4H2,1-2H3. The van der Waals surface area contributed by atoms with E-state index in [4.69, 9.17) is 4.74 Å². The van der Waals surface area contributed by atoms with Gasteiger partial charge in [0.05, 0.1) is 23.7 Å². The number of aryl methyl sites for hydroxylation is 1. The molecule has 1 aliphatic rings. The third kappa shape index (κ3) is 1.82. The fraction of sp³-hybridized carbons (Fsp3) is 0.385. The van der Waals surface area contributed by atoms with Crippen molar-refractivity contribution in [3.63, 3.8) is 0 Å². The van der Waals surface area contributed by atoms with Crippen molar-refractivity contribution in [2.45, 2.75) is 18.9 Å². The summed E-state index contributed by atoms with van der Waals surface area (Å²) in [7, 11) is 3.06. The Morgan fingerprint density at radius 2 is 2.05 bits per heavy atom. The maximum Gasteiger partial charge on any atom is 0.339 e. The number of nitrogens with zero attached hydrogens (tertiary/aromatic N) is 2. The summed E-state index contributed by atoms with van der Waals surface area (Å²) >= 11 is 3.37. The zero-order valence-electron chi connectivity index (χ0n) is 10.6. The van der Waals surface area contributed by atoms with Gasteiger partial charge in [-0.1, -0.05) is 0 Å². The molecule has 1 aromatic carbocycles. The number of hydrogen-bond donors (Lipinski definition) is 0. The van der Waals surface area contributed by atoms with Gasteiger partial charge in [0.25, 0.3) is 0 Å². The van der Waals surface area contributed by atoms with Gasteiger partial charge in [0, 0.05) is 17.6 Å². The lowest BCUT2D eigenvalue weighted by atomic mass is 10.2. The molecule has 0 unspecified atom stereocenters. The van der Waals surface area contributed by atoms with E-state index in [1.54, 1.807) is 22.2 Å². The van der Waals surface area contributed by atoms with E-state index in [1.807, 2.05) is 6.07 Å². The van der Waals surface area contributed by atoms with Crippen LogP contribution in [0.3, 0.4) is 0 Å². The van der Waals surface area contributed by atoms with Crippen molar-refractivity contribution < 1.29 is 9.53 Å². The van der Waals surface area contributed by atoms with Crippen LogP contribution < -0.4 is 5.69 Å². The Kier molecular flexibility index (Phi) is 2.78. The predicted molar refractivity (Wildman–Crippen MR) is 74.5 cm³/mol. The number of aromatic nitrogens is 2. The first kappa shape index (κ1) is 12.5. The minimum absolute atomic E-state index is 0.0357. The molecule has 0 aliphatic heterocycles. The summed E-state index contributed by atoms with van der Waals surface area (Å²) in [5.41, 5.74) is 2.00. The second-order valence-electron chi connectivity index (χ2n) is 4.76. The highest BCUT2D eigenvalue weighted by Crippen LogP contribution is 2.37. The molecule has 0 saturated heterocycles. The molecule has 3 rings (SSSR count). The van der Waals surface area contributed by atoms with E-state index in [-0.39, 0.29) is 5.69 Å². The van der Waals surface area contributed by atoms with E-state index in [0.717, 1.165) is 23.9 Å². The SMILES string of the molecule is COC(=O)c1cc2c(cc1Br)n(C1CC1)c(=O)n2C.